The van der Waals surface area contributed by atoms with Gasteiger partial charge in [-0.3, -0.25) is 0 Å². The Hall–Kier alpha value is -2.44. The number of benzene rings is 2. The largest absolute Gasteiger partial charge is 0.360 e. The number of hydrogen-bond donors (Lipinski definition) is 1. The third-order valence-corrected chi connectivity index (χ3v) is 4.19. The van der Waals surface area contributed by atoms with Gasteiger partial charge in [-0.05, 0) is 17.7 Å². The Labute approximate surface area is 128 Å². The highest BCUT2D eigenvalue weighted by Crippen LogP contribution is 2.20. The maximum absolute atomic E-state index is 11.2. The molecule has 22 heavy (non-hydrogen) atoms. The minimum absolute atomic E-state index is 0.0961. The summed E-state index contributed by atoms with van der Waals surface area (Å²) in [6.45, 7) is 0. The average Bonchev–Trinajstić information content (AvgIpc) is 2.96. The lowest BCUT2D eigenvalue weighted by Crippen LogP contribution is -2.11. The molecule has 5 nitrogen and oxygen atoms in total. The van der Waals surface area contributed by atoms with E-state index in [1.165, 1.54) is 12.1 Å². The molecule has 2 N–H and O–H groups in total. The van der Waals surface area contributed by atoms with Crippen molar-refractivity contribution in [3.63, 3.8) is 0 Å². The molecule has 112 valence electrons. The first-order chi connectivity index (χ1) is 10.5. The summed E-state index contributed by atoms with van der Waals surface area (Å²) < 4.78 is 27.8. The lowest BCUT2D eigenvalue weighted by molar-refractivity contribution is 0.391. The summed E-state index contributed by atoms with van der Waals surface area (Å²) in [5.41, 5.74) is 2.68. The minimum Gasteiger partial charge on any atom is -0.360 e. The molecule has 3 aromatic rings. The number of aromatic nitrogens is 1. The Morgan fingerprint density at radius 2 is 1.68 bits per heavy atom. The molecule has 0 radical (unpaired) electrons. The SMILES string of the molecule is NS(=O)(=O)c1ccc(Cc2cc(-c3ccccc3)no2)cc1. The van der Waals surface area contributed by atoms with Gasteiger partial charge in [0.05, 0.1) is 4.90 Å². The lowest BCUT2D eigenvalue weighted by Gasteiger charge is -2.00. The number of nitrogens with two attached hydrogens (primary N) is 1. The van der Waals surface area contributed by atoms with Gasteiger partial charge in [-0.25, -0.2) is 13.6 Å². The van der Waals surface area contributed by atoms with E-state index < -0.39 is 10.0 Å². The van der Waals surface area contributed by atoms with Crippen LogP contribution in [0.1, 0.15) is 11.3 Å². The van der Waals surface area contributed by atoms with Crippen molar-refractivity contribution in [1.29, 1.82) is 0 Å². The predicted molar refractivity (Wildman–Crippen MR) is 82.6 cm³/mol. The summed E-state index contributed by atoms with van der Waals surface area (Å²) in [7, 11) is -3.66. The molecule has 6 heteroatoms. The van der Waals surface area contributed by atoms with E-state index in [-0.39, 0.29) is 4.90 Å². The smallest absolute Gasteiger partial charge is 0.238 e. The van der Waals surface area contributed by atoms with Gasteiger partial charge in [-0.15, -0.1) is 0 Å². The molecule has 0 bridgehead atoms. The lowest BCUT2D eigenvalue weighted by atomic mass is 10.1. The molecular formula is C16H14N2O3S. The van der Waals surface area contributed by atoms with Gasteiger partial charge in [-0.1, -0.05) is 47.6 Å². The standard InChI is InChI=1S/C16H14N2O3S/c17-22(19,20)15-8-6-12(7-9-15)10-14-11-16(18-21-14)13-4-2-1-3-5-13/h1-9,11H,10H2,(H2,17,19,20). The van der Waals surface area contributed by atoms with E-state index in [9.17, 15) is 8.42 Å². The molecule has 0 saturated heterocycles. The van der Waals surface area contributed by atoms with Gasteiger partial charge in [0.2, 0.25) is 10.0 Å². The molecule has 0 unspecified atom stereocenters. The molecule has 0 aliphatic carbocycles. The van der Waals surface area contributed by atoms with Crippen molar-refractivity contribution < 1.29 is 12.9 Å². The monoisotopic (exact) mass is 314 g/mol. The van der Waals surface area contributed by atoms with Gasteiger partial charge in [0.25, 0.3) is 0 Å². The molecule has 0 atom stereocenters. The van der Waals surface area contributed by atoms with E-state index in [0.29, 0.717) is 12.2 Å². The fourth-order valence-corrected chi connectivity index (χ4v) is 2.65. The maximum atomic E-state index is 11.2. The fraction of sp³-hybridized carbons (Fsp3) is 0.0625. The highest BCUT2D eigenvalue weighted by Gasteiger charge is 2.09. The number of sulfonamides is 1. The van der Waals surface area contributed by atoms with E-state index in [1.54, 1.807) is 12.1 Å². The summed E-state index contributed by atoms with van der Waals surface area (Å²) in [6, 6.07) is 18.0. The molecular weight excluding hydrogens is 300 g/mol. The van der Waals surface area contributed by atoms with Gasteiger partial charge >= 0.3 is 0 Å². The number of hydrogen-bond acceptors (Lipinski definition) is 4. The van der Waals surface area contributed by atoms with E-state index in [2.05, 4.69) is 5.16 Å². The predicted octanol–water partition coefficient (Wildman–Crippen LogP) is 2.58. The summed E-state index contributed by atoms with van der Waals surface area (Å²) in [6.07, 6.45) is 0.532. The Kier molecular flexibility index (Phi) is 3.79. The fourth-order valence-electron chi connectivity index (χ4n) is 2.14. The van der Waals surface area contributed by atoms with Crippen LogP contribution in [0.2, 0.25) is 0 Å². The summed E-state index contributed by atoms with van der Waals surface area (Å²) >= 11 is 0. The Morgan fingerprint density at radius 1 is 1.00 bits per heavy atom. The molecule has 0 amide bonds. The van der Waals surface area contributed by atoms with Crippen molar-refractivity contribution >= 4 is 10.0 Å². The summed E-state index contributed by atoms with van der Waals surface area (Å²) in [5, 5.41) is 9.12. The first-order valence-electron chi connectivity index (χ1n) is 6.65. The topological polar surface area (TPSA) is 86.2 Å². The van der Waals surface area contributed by atoms with Crippen molar-refractivity contribution in [2.45, 2.75) is 11.3 Å². The third-order valence-electron chi connectivity index (χ3n) is 3.26. The van der Waals surface area contributed by atoms with Gasteiger partial charge in [0, 0.05) is 18.1 Å². The van der Waals surface area contributed by atoms with Crippen LogP contribution in [0.15, 0.2) is 70.1 Å². The van der Waals surface area contributed by atoms with Gasteiger partial charge < -0.3 is 4.52 Å². The molecule has 2 aromatic carbocycles. The zero-order valence-electron chi connectivity index (χ0n) is 11.6. The molecule has 0 aliphatic rings. The molecule has 1 heterocycles. The number of primary sulfonamides is 1. The van der Waals surface area contributed by atoms with Crippen LogP contribution < -0.4 is 5.14 Å². The molecule has 0 spiro atoms. The summed E-state index contributed by atoms with van der Waals surface area (Å²) in [4.78, 5) is 0.0961. The molecule has 0 saturated carbocycles. The zero-order valence-corrected chi connectivity index (χ0v) is 12.5. The van der Waals surface area contributed by atoms with Crippen LogP contribution in [-0.2, 0) is 16.4 Å². The first-order valence-corrected chi connectivity index (χ1v) is 8.20. The van der Waals surface area contributed by atoms with E-state index >= 15 is 0 Å². The minimum atomic E-state index is -3.66. The Morgan fingerprint density at radius 3 is 2.32 bits per heavy atom. The van der Waals surface area contributed by atoms with E-state index in [4.69, 9.17) is 9.66 Å². The highest BCUT2D eigenvalue weighted by molar-refractivity contribution is 7.89. The molecule has 1 aromatic heterocycles. The zero-order chi connectivity index (χ0) is 15.6. The van der Waals surface area contributed by atoms with Gasteiger partial charge in [-0.2, -0.15) is 0 Å². The maximum Gasteiger partial charge on any atom is 0.238 e. The van der Waals surface area contributed by atoms with Gasteiger partial charge in [0.1, 0.15) is 11.5 Å². The Bertz CT molecular complexity index is 869. The van der Waals surface area contributed by atoms with Crippen molar-refractivity contribution in [2.24, 2.45) is 5.14 Å². The van der Waals surface area contributed by atoms with Crippen LogP contribution in [-0.4, -0.2) is 13.6 Å². The third kappa shape index (κ3) is 3.24. The number of nitrogens with zero attached hydrogens (tertiary/aromatic N) is 1. The molecule has 0 aliphatic heterocycles. The van der Waals surface area contributed by atoms with Crippen LogP contribution in [0.3, 0.4) is 0 Å². The van der Waals surface area contributed by atoms with Crippen LogP contribution >= 0.6 is 0 Å². The second-order valence-electron chi connectivity index (χ2n) is 4.91. The van der Waals surface area contributed by atoms with Crippen LogP contribution in [0.5, 0.6) is 0 Å². The van der Waals surface area contributed by atoms with Crippen LogP contribution in [0.4, 0.5) is 0 Å². The van der Waals surface area contributed by atoms with E-state index in [0.717, 1.165) is 16.8 Å². The quantitative estimate of drug-likeness (QED) is 0.802. The van der Waals surface area contributed by atoms with Crippen molar-refractivity contribution in [3.8, 4) is 11.3 Å². The van der Waals surface area contributed by atoms with Crippen molar-refractivity contribution in [3.05, 3.63) is 72.0 Å². The summed E-state index contributed by atoms with van der Waals surface area (Å²) in [5.74, 6) is 0.710. The highest BCUT2D eigenvalue weighted by atomic mass is 32.2. The van der Waals surface area contributed by atoms with Crippen LogP contribution in [0.25, 0.3) is 11.3 Å². The Balaban J connectivity index is 1.78. The number of rotatable bonds is 4. The average molecular weight is 314 g/mol. The van der Waals surface area contributed by atoms with Crippen molar-refractivity contribution in [2.75, 3.05) is 0 Å². The molecule has 0 fully saturated rings. The normalized spacial score (nSPS) is 11.5. The molecule has 3 rings (SSSR count). The van der Waals surface area contributed by atoms with Crippen molar-refractivity contribution in [1.82, 2.24) is 5.16 Å². The van der Waals surface area contributed by atoms with Gasteiger partial charge in [0.15, 0.2) is 0 Å². The van der Waals surface area contributed by atoms with E-state index in [1.807, 2.05) is 36.4 Å². The van der Waals surface area contributed by atoms with Crippen LogP contribution in [0, 0.1) is 0 Å². The second-order valence-corrected chi connectivity index (χ2v) is 6.47. The second kappa shape index (κ2) is 5.75. The first kappa shape index (κ1) is 14.5.